The first kappa shape index (κ1) is 13.7. The number of rotatable bonds is 1. The van der Waals surface area contributed by atoms with Crippen molar-refractivity contribution >= 4 is 0 Å². The van der Waals surface area contributed by atoms with Gasteiger partial charge in [-0.15, -0.1) is 0 Å². The molecular formula is C15H22. The third-order valence-corrected chi connectivity index (χ3v) is 1.80. The molecular weight excluding hydrogens is 180 g/mol. The average Bonchev–Trinajstić information content (AvgIpc) is 2.15. The maximum absolute atomic E-state index is 2.17. The quantitative estimate of drug-likeness (QED) is 0.572. The van der Waals surface area contributed by atoms with E-state index in [2.05, 4.69) is 58.0 Å². The molecule has 0 spiro atoms. The van der Waals surface area contributed by atoms with Crippen LogP contribution in [0.2, 0.25) is 0 Å². The van der Waals surface area contributed by atoms with Gasteiger partial charge in [-0.1, -0.05) is 59.2 Å². The molecule has 0 heteroatoms. The molecule has 0 nitrogen and oxygen atoms in total. The lowest BCUT2D eigenvalue weighted by Crippen LogP contribution is -1.71. The summed E-state index contributed by atoms with van der Waals surface area (Å²) in [6.07, 6.45) is 6.14. The molecule has 0 aliphatic carbocycles. The fourth-order valence-corrected chi connectivity index (χ4v) is 1.10. The Balaban J connectivity index is 0.000000265. The third kappa shape index (κ3) is 9.01. The Bertz CT molecular complexity index is 308. The maximum atomic E-state index is 2.17. The van der Waals surface area contributed by atoms with Crippen LogP contribution < -0.4 is 0 Å². The van der Waals surface area contributed by atoms with E-state index in [9.17, 15) is 0 Å². The average molecular weight is 202 g/mol. The van der Waals surface area contributed by atoms with Gasteiger partial charge in [0, 0.05) is 0 Å². The van der Waals surface area contributed by atoms with Gasteiger partial charge < -0.3 is 0 Å². The summed E-state index contributed by atoms with van der Waals surface area (Å²) in [4.78, 5) is 0. The van der Waals surface area contributed by atoms with Gasteiger partial charge in [0.2, 0.25) is 0 Å². The normalized spacial score (nSPS) is 9.40. The lowest BCUT2D eigenvalue weighted by atomic mass is 10.2. The second kappa shape index (κ2) is 8.05. The van der Waals surface area contributed by atoms with E-state index in [1.165, 1.54) is 16.7 Å². The molecule has 0 radical (unpaired) electrons. The SMILES string of the molecule is C/C=C/C=C(C)C.Cc1cccc(C)c1. The van der Waals surface area contributed by atoms with Crippen LogP contribution in [0.3, 0.4) is 0 Å². The predicted molar refractivity (Wildman–Crippen MR) is 70.2 cm³/mol. The summed E-state index contributed by atoms with van der Waals surface area (Å²) in [5.41, 5.74) is 4.02. The van der Waals surface area contributed by atoms with Crippen molar-refractivity contribution in [3.05, 3.63) is 59.2 Å². The summed E-state index contributed by atoms with van der Waals surface area (Å²) < 4.78 is 0. The molecule has 0 fully saturated rings. The first-order valence-corrected chi connectivity index (χ1v) is 5.35. The second-order valence-corrected chi connectivity index (χ2v) is 3.93. The maximum Gasteiger partial charge on any atom is -0.0398 e. The summed E-state index contributed by atoms with van der Waals surface area (Å²) in [6, 6.07) is 8.45. The van der Waals surface area contributed by atoms with E-state index in [-0.39, 0.29) is 0 Å². The molecule has 0 heterocycles. The van der Waals surface area contributed by atoms with E-state index in [1.54, 1.807) is 0 Å². The minimum absolute atomic E-state index is 1.34. The van der Waals surface area contributed by atoms with Crippen LogP contribution in [0.4, 0.5) is 0 Å². The van der Waals surface area contributed by atoms with E-state index in [0.29, 0.717) is 0 Å². The van der Waals surface area contributed by atoms with Crippen LogP contribution in [0, 0.1) is 13.8 Å². The highest BCUT2D eigenvalue weighted by Crippen LogP contribution is 2.00. The van der Waals surface area contributed by atoms with Crippen LogP contribution in [-0.2, 0) is 0 Å². The van der Waals surface area contributed by atoms with Crippen LogP contribution >= 0.6 is 0 Å². The van der Waals surface area contributed by atoms with Crippen molar-refractivity contribution in [2.45, 2.75) is 34.6 Å². The van der Waals surface area contributed by atoms with E-state index < -0.39 is 0 Å². The molecule has 82 valence electrons. The van der Waals surface area contributed by atoms with Gasteiger partial charge in [0.1, 0.15) is 0 Å². The van der Waals surface area contributed by atoms with Gasteiger partial charge in [0.15, 0.2) is 0 Å². The lowest BCUT2D eigenvalue weighted by Gasteiger charge is -1.90. The Hall–Kier alpha value is -1.30. The van der Waals surface area contributed by atoms with Crippen molar-refractivity contribution in [3.8, 4) is 0 Å². The highest BCUT2D eigenvalue weighted by atomic mass is 13.9. The summed E-state index contributed by atoms with van der Waals surface area (Å²) >= 11 is 0. The van der Waals surface area contributed by atoms with Crippen LogP contribution in [0.25, 0.3) is 0 Å². The van der Waals surface area contributed by atoms with E-state index in [4.69, 9.17) is 0 Å². The zero-order chi connectivity index (χ0) is 11.7. The Kier molecular flexibility index (Phi) is 7.35. The molecule has 0 amide bonds. The van der Waals surface area contributed by atoms with Crippen LogP contribution in [-0.4, -0.2) is 0 Å². The molecule has 0 saturated carbocycles. The Labute approximate surface area is 94.3 Å². The molecule has 0 aromatic heterocycles. The number of aryl methyl sites for hydroxylation is 2. The van der Waals surface area contributed by atoms with Crippen molar-refractivity contribution in [1.82, 2.24) is 0 Å². The molecule has 0 aliphatic rings. The van der Waals surface area contributed by atoms with Crippen molar-refractivity contribution in [1.29, 1.82) is 0 Å². The van der Waals surface area contributed by atoms with Crippen molar-refractivity contribution in [2.24, 2.45) is 0 Å². The highest BCUT2D eigenvalue weighted by molar-refractivity contribution is 5.20. The molecule has 0 aliphatic heterocycles. The molecule has 1 aromatic rings. The van der Waals surface area contributed by atoms with Crippen LogP contribution in [0.1, 0.15) is 31.9 Å². The second-order valence-electron chi connectivity index (χ2n) is 3.93. The monoisotopic (exact) mass is 202 g/mol. The van der Waals surface area contributed by atoms with Gasteiger partial charge in [-0.3, -0.25) is 0 Å². The molecule has 1 rings (SSSR count). The minimum atomic E-state index is 1.34. The fourth-order valence-electron chi connectivity index (χ4n) is 1.10. The Morgan fingerprint density at radius 3 is 1.80 bits per heavy atom. The number of benzene rings is 1. The smallest absolute Gasteiger partial charge is 0.0398 e. The Morgan fingerprint density at radius 1 is 1.07 bits per heavy atom. The first-order valence-electron chi connectivity index (χ1n) is 5.35. The summed E-state index contributed by atoms with van der Waals surface area (Å²) in [7, 11) is 0. The van der Waals surface area contributed by atoms with Gasteiger partial charge in [-0.25, -0.2) is 0 Å². The highest BCUT2D eigenvalue weighted by Gasteiger charge is 1.80. The largest absolute Gasteiger partial charge is 0.0877 e. The van der Waals surface area contributed by atoms with Crippen molar-refractivity contribution < 1.29 is 0 Å². The van der Waals surface area contributed by atoms with Gasteiger partial charge >= 0.3 is 0 Å². The third-order valence-electron chi connectivity index (χ3n) is 1.80. The Morgan fingerprint density at radius 2 is 1.60 bits per heavy atom. The van der Waals surface area contributed by atoms with Crippen LogP contribution in [0.5, 0.6) is 0 Å². The van der Waals surface area contributed by atoms with Gasteiger partial charge in [0.05, 0.1) is 0 Å². The van der Waals surface area contributed by atoms with Gasteiger partial charge in [-0.2, -0.15) is 0 Å². The number of allylic oxidation sites excluding steroid dienone is 4. The van der Waals surface area contributed by atoms with E-state index >= 15 is 0 Å². The predicted octanol–water partition coefficient (Wildman–Crippen LogP) is 4.83. The summed E-state index contributed by atoms with van der Waals surface area (Å²) in [6.45, 7) is 10.4. The van der Waals surface area contributed by atoms with E-state index in [0.717, 1.165) is 0 Å². The molecule has 0 N–H and O–H groups in total. The van der Waals surface area contributed by atoms with Crippen molar-refractivity contribution in [3.63, 3.8) is 0 Å². The first-order chi connectivity index (χ1) is 7.06. The minimum Gasteiger partial charge on any atom is -0.0877 e. The zero-order valence-electron chi connectivity index (χ0n) is 10.5. The number of hydrogen-bond donors (Lipinski definition) is 0. The fraction of sp³-hybridized carbons (Fsp3) is 0.333. The summed E-state index contributed by atoms with van der Waals surface area (Å²) in [5, 5.41) is 0. The molecule has 0 atom stereocenters. The molecule has 1 aromatic carbocycles. The van der Waals surface area contributed by atoms with Crippen LogP contribution in [0.15, 0.2) is 48.1 Å². The summed E-state index contributed by atoms with van der Waals surface area (Å²) in [5.74, 6) is 0. The standard InChI is InChI=1S/C8H10.C7H12/c1-7-4-3-5-8(2)6-7;1-4-5-6-7(2)3/h3-6H,1-2H3;4-6H,1-3H3/b;5-4+. The zero-order valence-corrected chi connectivity index (χ0v) is 10.5. The van der Waals surface area contributed by atoms with Crippen molar-refractivity contribution in [2.75, 3.05) is 0 Å². The molecule has 0 unspecified atom stereocenters. The molecule has 0 bridgehead atoms. The molecule has 0 saturated heterocycles. The number of hydrogen-bond acceptors (Lipinski definition) is 0. The van der Waals surface area contributed by atoms with E-state index in [1.807, 2.05) is 19.1 Å². The van der Waals surface area contributed by atoms with Gasteiger partial charge in [0.25, 0.3) is 0 Å². The topological polar surface area (TPSA) is 0 Å². The molecule has 15 heavy (non-hydrogen) atoms. The van der Waals surface area contributed by atoms with Gasteiger partial charge in [-0.05, 0) is 34.6 Å². The lowest BCUT2D eigenvalue weighted by molar-refractivity contribution is 1.39.